The Balaban J connectivity index is 0.00000306. The van der Waals surface area contributed by atoms with Crippen molar-refractivity contribution in [2.75, 3.05) is 25.0 Å². The lowest BCUT2D eigenvalue weighted by Crippen LogP contribution is -2.44. The number of hydrogen-bond donors (Lipinski definition) is 2. The van der Waals surface area contributed by atoms with Crippen LogP contribution in [0.25, 0.3) is 0 Å². The van der Waals surface area contributed by atoms with Gasteiger partial charge in [-0.1, -0.05) is 6.07 Å². The molecule has 0 spiro atoms. The third kappa shape index (κ3) is 6.50. The standard InChI is InChI=1S/C23H24F2N6O.HI/c1-26-23(30-17-8-11-31(15-17)22-19(24)5-3-10-28-22)29-13-16-6-7-21(20(25)12-16)32-18-4-2-9-27-14-18;/h2-7,9-10,12,14,17H,8,11,13,15H2,1H3,(H2,26,29,30);1H. The van der Waals surface area contributed by atoms with E-state index in [0.29, 0.717) is 37.2 Å². The molecule has 174 valence electrons. The van der Waals surface area contributed by atoms with E-state index in [1.165, 1.54) is 18.3 Å². The molecule has 0 bridgehead atoms. The van der Waals surface area contributed by atoms with E-state index >= 15 is 0 Å². The number of halogens is 3. The SMILES string of the molecule is CN=C(NCc1ccc(Oc2cccnc2)c(F)c1)NC1CCN(c2ncccc2F)C1.I. The molecule has 0 aliphatic carbocycles. The third-order valence-electron chi connectivity index (χ3n) is 5.11. The van der Waals surface area contributed by atoms with Crippen molar-refractivity contribution in [2.45, 2.75) is 19.0 Å². The number of aromatic nitrogens is 2. The molecule has 33 heavy (non-hydrogen) atoms. The second-order valence-electron chi connectivity index (χ2n) is 7.37. The van der Waals surface area contributed by atoms with Crippen LogP contribution in [0.4, 0.5) is 14.6 Å². The maximum absolute atomic E-state index is 14.4. The second kappa shape index (κ2) is 11.7. The van der Waals surface area contributed by atoms with Gasteiger partial charge in [-0.2, -0.15) is 0 Å². The molecule has 0 amide bonds. The summed E-state index contributed by atoms with van der Waals surface area (Å²) in [4.78, 5) is 14.2. The van der Waals surface area contributed by atoms with Crippen molar-refractivity contribution in [2.24, 2.45) is 4.99 Å². The first kappa shape index (κ1) is 24.6. The number of pyridine rings is 2. The first-order valence-electron chi connectivity index (χ1n) is 10.3. The number of hydrogen-bond acceptors (Lipinski definition) is 5. The van der Waals surface area contributed by atoms with E-state index in [9.17, 15) is 8.78 Å². The van der Waals surface area contributed by atoms with Crippen molar-refractivity contribution in [3.05, 3.63) is 78.3 Å². The lowest BCUT2D eigenvalue weighted by atomic mass is 10.2. The summed E-state index contributed by atoms with van der Waals surface area (Å²) in [6.45, 7) is 1.70. The normalized spacial score (nSPS) is 15.7. The van der Waals surface area contributed by atoms with Crippen LogP contribution in [0.2, 0.25) is 0 Å². The first-order chi connectivity index (χ1) is 15.6. The van der Waals surface area contributed by atoms with Crippen molar-refractivity contribution >= 4 is 35.8 Å². The average Bonchev–Trinajstić information content (AvgIpc) is 3.27. The summed E-state index contributed by atoms with van der Waals surface area (Å²) in [5.41, 5.74) is 0.743. The molecule has 1 saturated heterocycles. The molecule has 3 heterocycles. The number of nitrogens with one attached hydrogen (secondary N) is 2. The van der Waals surface area contributed by atoms with Crippen molar-refractivity contribution in [3.63, 3.8) is 0 Å². The maximum Gasteiger partial charge on any atom is 0.191 e. The average molecular weight is 566 g/mol. The van der Waals surface area contributed by atoms with E-state index in [2.05, 4.69) is 25.6 Å². The Bertz CT molecular complexity index is 1090. The van der Waals surface area contributed by atoms with Crippen LogP contribution in [-0.2, 0) is 6.54 Å². The highest BCUT2D eigenvalue weighted by atomic mass is 127. The number of nitrogens with zero attached hydrogens (tertiary/aromatic N) is 4. The van der Waals surface area contributed by atoms with E-state index < -0.39 is 5.82 Å². The molecular formula is C23H25F2IN6O. The first-order valence-corrected chi connectivity index (χ1v) is 10.3. The van der Waals surface area contributed by atoms with E-state index in [-0.39, 0.29) is 41.6 Å². The van der Waals surface area contributed by atoms with Crippen LogP contribution in [0.5, 0.6) is 11.5 Å². The molecule has 4 rings (SSSR count). The second-order valence-corrected chi connectivity index (χ2v) is 7.37. The van der Waals surface area contributed by atoms with Crippen LogP contribution in [0, 0.1) is 11.6 Å². The monoisotopic (exact) mass is 566 g/mol. The largest absolute Gasteiger partial charge is 0.453 e. The Morgan fingerprint density at radius 2 is 2.03 bits per heavy atom. The molecule has 1 fully saturated rings. The minimum atomic E-state index is -0.458. The van der Waals surface area contributed by atoms with Crippen LogP contribution in [0.1, 0.15) is 12.0 Å². The van der Waals surface area contributed by atoms with Crippen LogP contribution >= 0.6 is 24.0 Å². The Morgan fingerprint density at radius 3 is 2.76 bits per heavy atom. The van der Waals surface area contributed by atoms with Gasteiger partial charge in [-0.05, 0) is 48.4 Å². The fraction of sp³-hybridized carbons (Fsp3) is 0.261. The van der Waals surface area contributed by atoms with Crippen molar-refractivity contribution in [3.8, 4) is 11.5 Å². The van der Waals surface area contributed by atoms with Crippen LogP contribution in [-0.4, -0.2) is 42.1 Å². The van der Waals surface area contributed by atoms with Gasteiger partial charge in [-0.3, -0.25) is 9.98 Å². The van der Waals surface area contributed by atoms with Crippen molar-refractivity contribution in [1.82, 2.24) is 20.6 Å². The number of benzene rings is 1. The lowest BCUT2D eigenvalue weighted by molar-refractivity contribution is 0.440. The third-order valence-corrected chi connectivity index (χ3v) is 5.11. The van der Waals surface area contributed by atoms with E-state index in [4.69, 9.17) is 4.74 Å². The molecule has 2 aromatic heterocycles. The molecule has 10 heteroatoms. The van der Waals surface area contributed by atoms with Crippen LogP contribution < -0.4 is 20.3 Å². The highest BCUT2D eigenvalue weighted by Gasteiger charge is 2.25. The summed E-state index contributed by atoms with van der Waals surface area (Å²) in [6, 6.07) is 11.3. The molecule has 1 unspecified atom stereocenters. The maximum atomic E-state index is 14.4. The smallest absolute Gasteiger partial charge is 0.191 e. The van der Waals surface area contributed by atoms with Gasteiger partial charge < -0.3 is 20.3 Å². The summed E-state index contributed by atoms with van der Waals surface area (Å²) in [7, 11) is 1.67. The molecule has 3 aromatic rings. The van der Waals surface area contributed by atoms with Gasteiger partial charge in [0.25, 0.3) is 0 Å². The Labute approximate surface area is 208 Å². The summed E-state index contributed by atoms with van der Waals surface area (Å²) in [5.74, 6) is 0.780. The number of aliphatic imine (C=N–C) groups is 1. The number of anilines is 1. The molecular weight excluding hydrogens is 541 g/mol. The zero-order valence-corrected chi connectivity index (χ0v) is 20.4. The number of ether oxygens (including phenoxy) is 1. The van der Waals surface area contributed by atoms with Gasteiger partial charge in [-0.15, -0.1) is 24.0 Å². The molecule has 1 aromatic carbocycles. The molecule has 0 radical (unpaired) electrons. The van der Waals surface area contributed by atoms with Gasteiger partial charge in [0.1, 0.15) is 5.75 Å². The van der Waals surface area contributed by atoms with Crippen molar-refractivity contribution < 1.29 is 13.5 Å². The zero-order valence-electron chi connectivity index (χ0n) is 18.0. The summed E-state index contributed by atoms with van der Waals surface area (Å²) in [5, 5.41) is 6.52. The zero-order chi connectivity index (χ0) is 22.3. The molecule has 1 aliphatic heterocycles. The predicted octanol–water partition coefficient (Wildman–Crippen LogP) is 4.11. The van der Waals surface area contributed by atoms with Crippen molar-refractivity contribution in [1.29, 1.82) is 0 Å². The van der Waals surface area contributed by atoms with Gasteiger partial charge in [0, 0.05) is 45.1 Å². The van der Waals surface area contributed by atoms with E-state index in [0.717, 1.165) is 12.0 Å². The number of rotatable bonds is 6. The highest BCUT2D eigenvalue weighted by Crippen LogP contribution is 2.24. The van der Waals surface area contributed by atoms with Crippen LogP contribution in [0.3, 0.4) is 0 Å². The van der Waals surface area contributed by atoms with Gasteiger partial charge in [0.2, 0.25) is 0 Å². The lowest BCUT2D eigenvalue weighted by Gasteiger charge is -2.20. The van der Waals surface area contributed by atoms with Gasteiger partial charge >= 0.3 is 0 Å². The Hall–Kier alpha value is -3.02. The van der Waals surface area contributed by atoms with E-state index in [1.54, 1.807) is 49.8 Å². The van der Waals surface area contributed by atoms with Crippen LogP contribution in [0.15, 0.2) is 66.0 Å². The van der Waals surface area contributed by atoms with E-state index in [1.807, 2.05) is 4.90 Å². The minimum absolute atomic E-state index is 0. The van der Waals surface area contributed by atoms with Gasteiger partial charge in [0.05, 0.1) is 6.20 Å². The summed E-state index contributed by atoms with van der Waals surface area (Å²) in [6.07, 6.45) is 5.56. The molecule has 1 aliphatic rings. The Kier molecular flexibility index (Phi) is 8.75. The summed E-state index contributed by atoms with van der Waals surface area (Å²) < 4.78 is 34.0. The van der Waals surface area contributed by atoms with Gasteiger partial charge in [0.15, 0.2) is 29.2 Å². The molecule has 1 atom stereocenters. The minimum Gasteiger partial charge on any atom is -0.453 e. The summed E-state index contributed by atoms with van der Waals surface area (Å²) >= 11 is 0. The fourth-order valence-electron chi connectivity index (χ4n) is 3.53. The predicted molar refractivity (Wildman–Crippen MR) is 134 cm³/mol. The fourth-order valence-corrected chi connectivity index (χ4v) is 3.53. The van der Waals surface area contributed by atoms with Gasteiger partial charge in [-0.25, -0.2) is 13.8 Å². The quantitative estimate of drug-likeness (QED) is 0.266. The number of guanidine groups is 1. The molecule has 0 saturated carbocycles. The molecule has 7 nitrogen and oxygen atoms in total. The Morgan fingerprint density at radius 1 is 1.18 bits per heavy atom. The molecule has 2 N–H and O–H groups in total. The topological polar surface area (TPSA) is 74.7 Å². The highest BCUT2D eigenvalue weighted by molar-refractivity contribution is 14.0.